The third kappa shape index (κ3) is 2.87. The Hall–Kier alpha value is -1.65. The van der Waals surface area contributed by atoms with Crippen molar-refractivity contribution in [1.29, 1.82) is 0 Å². The number of hydrogen-bond donors (Lipinski definition) is 1. The maximum Gasteiger partial charge on any atom is 0.0679 e. The molecule has 0 atom stereocenters. The molecule has 0 saturated heterocycles. The average molecular weight is 299 g/mol. The molecule has 0 fully saturated rings. The zero-order chi connectivity index (χ0) is 14.8. The van der Waals surface area contributed by atoms with Gasteiger partial charge in [0.2, 0.25) is 0 Å². The fourth-order valence-electron chi connectivity index (χ4n) is 2.69. The van der Waals surface area contributed by atoms with E-state index in [0.29, 0.717) is 0 Å². The first-order chi connectivity index (χ1) is 10.2. The lowest BCUT2D eigenvalue weighted by atomic mass is 10.1. The normalized spacial score (nSPS) is 11.4. The van der Waals surface area contributed by atoms with Crippen molar-refractivity contribution in [3.05, 3.63) is 52.2 Å². The minimum atomic E-state index is 0.852. The molecule has 2 heterocycles. The van der Waals surface area contributed by atoms with Crippen LogP contribution in [0.1, 0.15) is 28.8 Å². The van der Waals surface area contributed by atoms with Gasteiger partial charge in [-0.2, -0.15) is 5.10 Å². The predicted octanol–water partition coefficient (Wildman–Crippen LogP) is 3.87. The second kappa shape index (κ2) is 6.00. The van der Waals surface area contributed by atoms with Gasteiger partial charge in [0.15, 0.2) is 0 Å². The predicted molar refractivity (Wildman–Crippen MR) is 90.0 cm³/mol. The molecular formula is C17H21N3S. The zero-order valence-electron chi connectivity index (χ0n) is 12.8. The summed E-state index contributed by atoms with van der Waals surface area (Å²) in [6.07, 6.45) is 0. The summed E-state index contributed by atoms with van der Waals surface area (Å²) in [6.45, 7) is 9.10. The van der Waals surface area contributed by atoms with E-state index in [4.69, 9.17) is 0 Å². The van der Waals surface area contributed by atoms with E-state index in [-0.39, 0.29) is 0 Å². The van der Waals surface area contributed by atoms with E-state index in [2.05, 4.69) is 66.2 Å². The molecule has 21 heavy (non-hydrogen) atoms. The highest BCUT2D eigenvalue weighted by molar-refractivity contribution is 7.19. The third-order valence-corrected chi connectivity index (χ3v) is 4.94. The van der Waals surface area contributed by atoms with Crippen molar-refractivity contribution in [2.24, 2.45) is 0 Å². The number of rotatable bonds is 5. The van der Waals surface area contributed by atoms with Crippen LogP contribution < -0.4 is 5.32 Å². The summed E-state index contributed by atoms with van der Waals surface area (Å²) in [5.74, 6) is 0. The van der Waals surface area contributed by atoms with Gasteiger partial charge in [0, 0.05) is 21.8 Å². The Bertz CT molecular complexity index is 755. The monoisotopic (exact) mass is 299 g/mol. The molecule has 0 radical (unpaired) electrons. The van der Waals surface area contributed by atoms with Crippen LogP contribution in [-0.4, -0.2) is 16.3 Å². The third-order valence-electron chi connectivity index (χ3n) is 3.73. The Labute approximate surface area is 129 Å². The van der Waals surface area contributed by atoms with E-state index in [1.165, 1.54) is 26.2 Å². The fraction of sp³-hybridized carbons (Fsp3) is 0.353. The van der Waals surface area contributed by atoms with Gasteiger partial charge in [0.25, 0.3) is 0 Å². The topological polar surface area (TPSA) is 29.9 Å². The van der Waals surface area contributed by atoms with Crippen LogP contribution in [-0.2, 0) is 13.1 Å². The second-order valence-corrected chi connectivity index (χ2v) is 6.50. The molecule has 2 aromatic heterocycles. The smallest absolute Gasteiger partial charge is 0.0679 e. The summed E-state index contributed by atoms with van der Waals surface area (Å²) in [6, 6.07) is 10.8. The Kier molecular flexibility index (Phi) is 4.08. The van der Waals surface area contributed by atoms with Crippen LogP contribution in [0.3, 0.4) is 0 Å². The quantitative estimate of drug-likeness (QED) is 0.775. The maximum absolute atomic E-state index is 4.61. The van der Waals surface area contributed by atoms with Gasteiger partial charge in [-0.25, -0.2) is 0 Å². The van der Waals surface area contributed by atoms with E-state index >= 15 is 0 Å². The lowest BCUT2D eigenvalue weighted by Gasteiger charge is -2.08. The molecule has 0 unspecified atom stereocenters. The number of fused-ring (bicyclic) bond motifs is 1. The molecule has 1 N–H and O–H groups in total. The molecule has 0 amide bonds. The molecule has 3 rings (SSSR count). The van der Waals surface area contributed by atoms with Crippen molar-refractivity contribution in [2.75, 3.05) is 6.54 Å². The van der Waals surface area contributed by atoms with Crippen LogP contribution in [0.2, 0.25) is 0 Å². The largest absolute Gasteiger partial charge is 0.312 e. The van der Waals surface area contributed by atoms with Gasteiger partial charge in [-0.15, -0.1) is 11.3 Å². The molecule has 0 bridgehead atoms. The first-order valence-electron chi connectivity index (χ1n) is 7.40. The van der Waals surface area contributed by atoms with Crippen LogP contribution in [0, 0.1) is 13.8 Å². The summed E-state index contributed by atoms with van der Waals surface area (Å²) in [7, 11) is 0. The number of hydrogen-bond acceptors (Lipinski definition) is 3. The second-order valence-electron chi connectivity index (χ2n) is 5.37. The molecule has 0 aliphatic rings. The highest BCUT2D eigenvalue weighted by atomic mass is 32.1. The van der Waals surface area contributed by atoms with Crippen LogP contribution in [0.25, 0.3) is 10.1 Å². The first kappa shape index (κ1) is 14.3. The van der Waals surface area contributed by atoms with Crippen LogP contribution in [0.15, 0.2) is 30.3 Å². The maximum atomic E-state index is 4.61. The summed E-state index contributed by atoms with van der Waals surface area (Å²) >= 11 is 1.89. The Balaban J connectivity index is 2.04. The molecule has 3 nitrogen and oxygen atoms in total. The zero-order valence-corrected chi connectivity index (χ0v) is 13.6. The molecule has 1 aromatic carbocycles. The minimum absolute atomic E-state index is 0.852. The lowest BCUT2D eigenvalue weighted by Crippen LogP contribution is -2.13. The number of thiophene rings is 1. The van der Waals surface area contributed by atoms with Crippen molar-refractivity contribution in [3.8, 4) is 0 Å². The SMILES string of the molecule is CCNCc1sc2ccccc2c1Cn1nc(C)cc1C. The van der Waals surface area contributed by atoms with Gasteiger partial charge >= 0.3 is 0 Å². The highest BCUT2D eigenvalue weighted by Crippen LogP contribution is 2.32. The Morgan fingerprint density at radius 2 is 2.05 bits per heavy atom. The van der Waals surface area contributed by atoms with Gasteiger partial charge in [-0.3, -0.25) is 4.68 Å². The van der Waals surface area contributed by atoms with E-state index in [0.717, 1.165) is 25.3 Å². The number of aryl methyl sites for hydroxylation is 2. The summed E-state index contributed by atoms with van der Waals surface area (Å²) in [5, 5.41) is 9.43. The summed E-state index contributed by atoms with van der Waals surface area (Å²) < 4.78 is 3.47. The molecular weight excluding hydrogens is 278 g/mol. The van der Waals surface area contributed by atoms with Crippen molar-refractivity contribution >= 4 is 21.4 Å². The van der Waals surface area contributed by atoms with E-state index < -0.39 is 0 Å². The lowest BCUT2D eigenvalue weighted by molar-refractivity contribution is 0.652. The van der Waals surface area contributed by atoms with Crippen molar-refractivity contribution < 1.29 is 0 Å². The van der Waals surface area contributed by atoms with E-state index in [1.54, 1.807) is 0 Å². The number of nitrogens with one attached hydrogen (secondary N) is 1. The minimum Gasteiger partial charge on any atom is -0.312 e. The van der Waals surface area contributed by atoms with E-state index in [1.807, 2.05) is 11.3 Å². The molecule has 0 aliphatic carbocycles. The fourth-order valence-corrected chi connectivity index (χ4v) is 3.87. The molecule has 0 spiro atoms. The summed E-state index contributed by atoms with van der Waals surface area (Å²) in [4.78, 5) is 1.42. The molecule has 0 aliphatic heterocycles. The number of aromatic nitrogens is 2. The Morgan fingerprint density at radius 1 is 1.24 bits per heavy atom. The van der Waals surface area contributed by atoms with Gasteiger partial charge < -0.3 is 5.32 Å². The number of nitrogens with zero attached hydrogens (tertiary/aromatic N) is 2. The van der Waals surface area contributed by atoms with Crippen molar-refractivity contribution in [2.45, 2.75) is 33.9 Å². The van der Waals surface area contributed by atoms with Crippen LogP contribution in [0.5, 0.6) is 0 Å². The van der Waals surface area contributed by atoms with Crippen molar-refractivity contribution in [1.82, 2.24) is 15.1 Å². The van der Waals surface area contributed by atoms with Gasteiger partial charge in [-0.05, 0) is 43.5 Å². The van der Waals surface area contributed by atoms with Gasteiger partial charge in [0.1, 0.15) is 0 Å². The first-order valence-corrected chi connectivity index (χ1v) is 8.21. The average Bonchev–Trinajstić information content (AvgIpc) is 2.98. The van der Waals surface area contributed by atoms with Crippen LogP contribution >= 0.6 is 11.3 Å². The van der Waals surface area contributed by atoms with Gasteiger partial charge in [-0.1, -0.05) is 25.1 Å². The van der Waals surface area contributed by atoms with Crippen LogP contribution in [0.4, 0.5) is 0 Å². The van der Waals surface area contributed by atoms with Gasteiger partial charge in [0.05, 0.1) is 12.2 Å². The highest BCUT2D eigenvalue weighted by Gasteiger charge is 2.13. The molecule has 4 heteroatoms. The van der Waals surface area contributed by atoms with Crippen molar-refractivity contribution in [3.63, 3.8) is 0 Å². The standard InChI is InChI=1S/C17H21N3S/c1-4-18-10-17-15(11-20-13(3)9-12(2)19-20)14-7-5-6-8-16(14)21-17/h5-9,18H,4,10-11H2,1-3H3. The molecule has 3 aromatic rings. The number of benzene rings is 1. The Morgan fingerprint density at radius 3 is 2.76 bits per heavy atom. The van der Waals surface area contributed by atoms with E-state index in [9.17, 15) is 0 Å². The summed E-state index contributed by atoms with van der Waals surface area (Å²) in [5.41, 5.74) is 3.71. The molecule has 110 valence electrons. The molecule has 0 saturated carbocycles.